The van der Waals surface area contributed by atoms with Crippen molar-refractivity contribution >= 4 is 6.09 Å². The maximum Gasteiger partial charge on any atom is 0.408 e. The summed E-state index contributed by atoms with van der Waals surface area (Å²) in [6.45, 7) is 4.01. The SMILES string of the molecule is Cc1nc(-c2nnn(C)c2CNC(=O)O[C@H](C)c2ccccc2)ccc1OC1CCCCC1. The Kier molecular flexibility index (Phi) is 7.22. The molecule has 0 bridgehead atoms. The van der Waals surface area contributed by atoms with Crippen LogP contribution in [0.2, 0.25) is 0 Å². The van der Waals surface area contributed by atoms with Gasteiger partial charge in [-0.15, -0.1) is 5.10 Å². The van der Waals surface area contributed by atoms with Crippen LogP contribution < -0.4 is 10.1 Å². The van der Waals surface area contributed by atoms with Gasteiger partial charge in [0.1, 0.15) is 17.5 Å². The minimum atomic E-state index is -0.501. The summed E-state index contributed by atoms with van der Waals surface area (Å²) in [5, 5.41) is 11.2. The predicted molar refractivity (Wildman–Crippen MR) is 125 cm³/mol. The van der Waals surface area contributed by atoms with Gasteiger partial charge >= 0.3 is 6.09 Å². The minimum Gasteiger partial charge on any atom is -0.489 e. The van der Waals surface area contributed by atoms with Crippen LogP contribution in [0.25, 0.3) is 11.4 Å². The molecule has 0 unspecified atom stereocenters. The maximum absolute atomic E-state index is 12.4. The zero-order chi connectivity index (χ0) is 23.2. The van der Waals surface area contributed by atoms with E-state index < -0.39 is 6.09 Å². The fourth-order valence-corrected chi connectivity index (χ4v) is 4.09. The highest BCUT2D eigenvalue weighted by Gasteiger charge is 2.19. The van der Waals surface area contributed by atoms with Crippen molar-refractivity contribution in [2.45, 2.75) is 64.7 Å². The lowest BCUT2D eigenvalue weighted by Gasteiger charge is -2.23. The zero-order valence-corrected chi connectivity index (χ0v) is 19.5. The molecule has 1 N–H and O–H groups in total. The van der Waals surface area contributed by atoms with Gasteiger partial charge in [-0.05, 0) is 57.2 Å². The Bertz CT molecular complexity index is 1080. The molecule has 0 saturated heterocycles. The second kappa shape index (κ2) is 10.5. The van der Waals surface area contributed by atoms with Gasteiger partial charge in [0, 0.05) is 7.05 Å². The van der Waals surface area contributed by atoms with Crippen molar-refractivity contribution in [1.82, 2.24) is 25.3 Å². The number of nitrogens with one attached hydrogen (secondary N) is 1. The highest BCUT2D eigenvalue weighted by atomic mass is 16.6. The molecule has 174 valence electrons. The summed E-state index contributed by atoms with van der Waals surface area (Å²) in [5.74, 6) is 0.813. The first kappa shape index (κ1) is 22.8. The lowest BCUT2D eigenvalue weighted by molar-refractivity contribution is 0.106. The lowest BCUT2D eigenvalue weighted by atomic mass is 9.98. The fourth-order valence-electron chi connectivity index (χ4n) is 4.09. The number of benzene rings is 1. The standard InChI is InChI=1S/C25H31N5O3/c1-17-23(33-20-12-8-5-9-13-20)15-14-21(27-17)24-22(30(3)29-28-24)16-26-25(31)32-18(2)19-10-6-4-7-11-19/h4,6-7,10-11,14-15,18,20H,5,8-9,12-13,16H2,1-3H3,(H,26,31)/t18-/m1/s1. The Morgan fingerprint density at radius 2 is 1.91 bits per heavy atom. The summed E-state index contributed by atoms with van der Waals surface area (Å²) in [6.07, 6.45) is 5.34. The molecule has 1 saturated carbocycles. The Hall–Kier alpha value is -3.42. The van der Waals surface area contributed by atoms with Crippen LogP contribution in [-0.4, -0.2) is 32.2 Å². The Labute approximate surface area is 194 Å². The summed E-state index contributed by atoms with van der Waals surface area (Å²) in [5.41, 5.74) is 3.82. The third-order valence-electron chi connectivity index (χ3n) is 6.02. The molecule has 33 heavy (non-hydrogen) atoms. The Morgan fingerprint density at radius 3 is 2.64 bits per heavy atom. The zero-order valence-electron chi connectivity index (χ0n) is 19.5. The monoisotopic (exact) mass is 449 g/mol. The van der Waals surface area contributed by atoms with Crippen molar-refractivity contribution in [3.05, 3.63) is 59.4 Å². The molecule has 0 radical (unpaired) electrons. The van der Waals surface area contributed by atoms with Crippen LogP contribution in [0.15, 0.2) is 42.5 Å². The third kappa shape index (κ3) is 5.69. The molecule has 3 aromatic rings. The molecule has 1 aromatic carbocycles. The average Bonchev–Trinajstić information content (AvgIpc) is 3.20. The summed E-state index contributed by atoms with van der Waals surface area (Å²) in [7, 11) is 1.79. The van der Waals surface area contributed by atoms with Crippen molar-refractivity contribution in [3.63, 3.8) is 0 Å². The fraction of sp³-hybridized carbons (Fsp3) is 0.440. The van der Waals surface area contributed by atoms with E-state index in [1.54, 1.807) is 11.7 Å². The molecule has 1 aliphatic carbocycles. The van der Waals surface area contributed by atoms with Crippen LogP contribution in [0.4, 0.5) is 4.79 Å². The van der Waals surface area contributed by atoms with E-state index in [9.17, 15) is 4.79 Å². The van der Waals surface area contributed by atoms with Crippen LogP contribution in [0.1, 0.15) is 62.1 Å². The number of rotatable bonds is 7. The molecule has 1 atom stereocenters. The Morgan fingerprint density at radius 1 is 1.15 bits per heavy atom. The van der Waals surface area contributed by atoms with Crippen LogP contribution in [0, 0.1) is 6.92 Å². The molecule has 1 fully saturated rings. The number of ether oxygens (including phenoxy) is 2. The molecule has 1 amide bonds. The van der Waals surface area contributed by atoms with Crippen molar-refractivity contribution in [2.24, 2.45) is 7.05 Å². The van der Waals surface area contributed by atoms with Crippen molar-refractivity contribution in [1.29, 1.82) is 0 Å². The van der Waals surface area contributed by atoms with Gasteiger partial charge in [-0.25, -0.2) is 14.5 Å². The number of hydrogen-bond donors (Lipinski definition) is 1. The molecule has 2 aromatic heterocycles. The topological polar surface area (TPSA) is 91.2 Å². The largest absolute Gasteiger partial charge is 0.489 e. The van der Waals surface area contributed by atoms with Crippen LogP contribution in [0.5, 0.6) is 5.75 Å². The number of aromatic nitrogens is 4. The van der Waals surface area contributed by atoms with Gasteiger partial charge in [0.15, 0.2) is 0 Å². The van der Waals surface area contributed by atoms with E-state index in [1.807, 2.05) is 56.3 Å². The van der Waals surface area contributed by atoms with E-state index in [1.165, 1.54) is 19.3 Å². The molecule has 2 heterocycles. The number of aryl methyl sites for hydroxylation is 2. The first-order valence-electron chi connectivity index (χ1n) is 11.5. The molecule has 0 aliphatic heterocycles. The van der Waals surface area contributed by atoms with Gasteiger partial charge in [-0.3, -0.25) is 0 Å². The molecule has 8 nitrogen and oxygen atoms in total. The highest BCUT2D eigenvalue weighted by Crippen LogP contribution is 2.28. The number of hydrogen-bond acceptors (Lipinski definition) is 6. The first-order chi connectivity index (χ1) is 16.0. The summed E-state index contributed by atoms with van der Waals surface area (Å²) >= 11 is 0. The van der Waals surface area contributed by atoms with Crippen molar-refractivity contribution in [3.8, 4) is 17.1 Å². The van der Waals surface area contributed by atoms with E-state index in [0.717, 1.165) is 35.5 Å². The predicted octanol–water partition coefficient (Wildman–Crippen LogP) is 4.88. The highest BCUT2D eigenvalue weighted by molar-refractivity contribution is 5.68. The normalized spacial score (nSPS) is 15.1. The number of alkyl carbamates (subject to hydrolysis) is 1. The molecule has 1 aliphatic rings. The molecular formula is C25H31N5O3. The summed E-state index contributed by atoms with van der Waals surface area (Å²) in [6, 6.07) is 13.5. The molecular weight excluding hydrogens is 418 g/mol. The number of amides is 1. The van der Waals surface area contributed by atoms with Crippen molar-refractivity contribution in [2.75, 3.05) is 0 Å². The number of carbonyl (C=O) groups is 1. The lowest BCUT2D eigenvalue weighted by Crippen LogP contribution is -2.26. The van der Waals surface area contributed by atoms with Crippen LogP contribution in [0.3, 0.4) is 0 Å². The van der Waals surface area contributed by atoms with Gasteiger partial charge in [0.2, 0.25) is 0 Å². The van der Waals surface area contributed by atoms with Gasteiger partial charge in [-0.2, -0.15) is 0 Å². The summed E-state index contributed by atoms with van der Waals surface area (Å²) in [4.78, 5) is 17.1. The van der Waals surface area contributed by atoms with Gasteiger partial charge in [0.05, 0.1) is 29.7 Å². The second-order valence-corrected chi connectivity index (χ2v) is 8.48. The molecule has 8 heteroatoms. The summed E-state index contributed by atoms with van der Waals surface area (Å²) < 4.78 is 13.3. The van der Waals surface area contributed by atoms with Gasteiger partial charge in [-0.1, -0.05) is 42.0 Å². The van der Waals surface area contributed by atoms with Crippen molar-refractivity contribution < 1.29 is 14.3 Å². The van der Waals surface area contributed by atoms with Gasteiger partial charge < -0.3 is 14.8 Å². The van der Waals surface area contributed by atoms with Crippen LogP contribution in [-0.2, 0) is 18.3 Å². The first-order valence-corrected chi connectivity index (χ1v) is 11.5. The van der Waals surface area contributed by atoms with Crippen LogP contribution >= 0.6 is 0 Å². The second-order valence-electron chi connectivity index (χ2n) is 8.48. The van der Waals surface area contributed by atoms with E-state index in [-0.39, 0.29) is 18.8 Å². The smallest absolute Gasteiger partial charge is 0.408 e. The Balaban J connectivity index is 1.41. The number of nitrogens with zero attached hydrogens (tertiary/aromatic N) is 4. The van der Waals surface area contributed by atoms with E-state index in [4.69, 9.17) is 14.5 Å². The maximum atomic E-state index is 12.4. The minimum absolute atomic E-state index is 0.222. The molecule has 4 rings (SSSR count). The number of carbonyl (C=O) groups excluding carboxylic acids is 1. The van der Waals surface area contributed by atoms with Gasteiger partial charge in [0.25, 0.3) is 0 Å². The average molecular weight is 450 g/mol. The van der Waals surface area contributed by atoms with E-state index >= 15 is 0 Å². The molecule has 0 spiro atoms. The van der Waals surface area contributed by atoms with E-state index in [0.29, 0.717) is 11.4 Å². The third-order valence-corrected chi connectivity index (χ3v) is 6.02. The quantitative estimate of drug-likeness (QED) is 0.553. The number of pyridine rings is 1. The van der Waals surface area contributed by atoms with E-state index in [2.05, 4.69) is 15.6 Å².